The van der Waals surface area contributed by atoms with Crippen LogP contribution in [-0.2, 0) is 0 Å². The third-order valence-corrected chi connectivity index (χ3v) is 4.59. The summed E-state index contributed by atoms with van der Waals surface area (Å²) in [5.74, 6) is 0.603. The molecule has 1 amide bonds. The lowest BCUT2D eigenvalue weighted by atomic mass is 10.1. The minimum Gasteiger partial charge on any atom is -0.341 e. The predicted octanol–water partition coefficient (Wildman–Crippen LogP) is 3.32. The van der Waals surface area contributed by atoms with E-state index in [1.807, 2.05) is 18.2 Å². The number of hydrogen-bond donors (Lipinski definition) is 1. The molecule has 0 unspecified atom stereocenters. The molecule has 3 rings (SSSR count). The Kier molecular flexibility index (Phi) is 4.87. The smallest absolute Gasteiger partial charge is 0.256 e. The maximum absolute atomic E-state index is 12.2. The van der Waals surface area contributed by atoms with Crippen molar-refractivity contribution in [2.45, 2.75) is 19.3 Å². The summed E-state index contributed by atoms with van der Waals surface area (Å²) in [5, 5.41) is 2.84. The van der Waals surface area contributed by atoms with E-state index >= 15 is 0 Å². The zero-order valence-electron chi connectivity index (χ0n) is 12.1. The average molecular weight is 408 g/mol. The van der Waals surface area contributed by atoms with E-state index in [0.29, 0.717) is 11.3 Å². The van der Waals surface area contributed by atoms with Crippen molar-refractivity contribution in [1.29, 1.82) is 0 Å². The molecule has 0 radical (unpaired) electrons. The lowest BCUT2D eigenvalue weighted by Crippen LogP contribution is -2.30. The molecule has 1 N–H and O–H groups in total. The number of piperidine rings is 1. The molecule has 0 spiro atoms. The Balaban J connectivity index is 1.68. The number of nitrogens with one attached hydrogen (secondary N) is 1. The van der Waals surface area contributed by atoms with Crippen LogP contribution in [0.4, 0.5) is 11.6 Å². The summed E-state index contributed by atoms with van der Waals surface area (Å²) < 4.78 is 0.920. The number of rotatable bonds is 3. The second-order valence-corrected chi connectivity index (χ2v) is 6.42. The van der Waals surface area contributed by atoms with Crippen molar-refractivity contribution in [1.82, 2.24) is 9.97 Å². The molecule has 1 saturated heterocycles. The van der Waals surface area contributed by atoms with Crippen molar-refractivity contribution in [2.75, 3.05) is 23.3 Å². The van der Waals surface area contributed by atoms with Gasteiger partial charge in [-0.15, -0.1) is 0 Å². The summed E-state index contributed by atoms with van der Waals surface area (Å²) in [7, 11) is 0. The molecule has 1 fully saturated rings. The lowest BCUT2D eigenvalue weighted by molar-refractivity contribution is 0.102. The van der Waals surface area contributed by atoms with Gasteiger partial charge in [0, 0.05) is 16.7 Å². The van der Waals surface area contributed by atoms with Crippen LogP contribution < -0.4 is 10.2 Å². The molecule has 1 aromatic carbocycles. The molecule has 0 saturated carbocycles. The number of carbonyl (C=O) groups excluding carboxylic acids is 1. The summed E-state index contributed by atoms with van der Waals surface area (Å²) >= 11 is 2.15. The minimum atomic E-state index is -0.140. The van der Waals surface area contributed by atoms with Gasteiger partial charge in [0.15, 0.2) is 0 Å². The van der Waals surface area contributed by atoms with Crippen LogP contribution in [0, 0.1) is 3.57 Å². The molecule has 0 atom stereocenters. The fourth-order valence-electron chi connectivity index (χ4n) is 2.49. The molecule has 1 aliphatic heterocycles. The molecule has 0 aliphatic carbocycles. The van der Waals surface area contributed by atoms with Crippen LogP contribution in [0.1, 0.15) is 29.6 Å². The Bertz CT molecular complexity index is 653. The highest BCUT2D eigenvalue weighted by molar-refractivity contribution is 14.1. The van der Waals surface area contributed by atoms with Crippen molar-refractivity contribution in [3.63, 3.8) is 0 Å². The van der Waals surface area contributed by atoms with E-state index in [1.165, 1.54) is 19.3 Å². The molecular weight excluding hydrogens is 391 g/mol. The quantitative estimate of drug-likeness (QED) is 0.792. The number of benzene rings is 1. The van der Waals surface area contributed by atoms with Crippen molar-refractivity contribution in [2.24, 2.45) is 0 Å². The monoisotopic (exact) mass is 408 g/mol. The van der Waals surface area contributed by atoms with Gasteiger partial charge in [0.05, 0.1) is 23.6 Å². The molecule has 1 aromatic heterocycles. The summed E-state index contributed by atoms with van der Waals surface area (Å²) in [6.07, 6.45) is 7.00. The summed E-state index contributed by atoms with van der Waals surface area (Å²) in [5.41, 5.74) is 1.27. The van der Waals surface area contributed by atoms with Gasteiger partial charge in [0.2, 0.25) is 5.95 Å². The molecule has 1 aliphatic rings. The first kappa shape index (κ1) is 15.2. The number of aromatic nitrogens is 2. The van der Waals surface area contributed by atoms with E-state index in [9.17, 15) is 4.79 Å². The fraction of sp³-hybridized carbons (Fsp3) is 0.312. The van der Waals surface area contributed by atoms with E-state index in [-0.39, 0.29) is 5.91 Å². The standard InChI is InChI=1S/C16H17IN4O/c17-14-7-3-2-6-13(14)15(22)20-12-10-18-16(19-11-12)21-8-4-1-5-9-21/h2-3,6-7,10-11H,1,4-5,8-9H2,(H,20,22). The molecule has 2 aromatic rings. The number of nitrogens with zero attached hydrogens (tertiary/aromatic N) is 3. The van der Waals surface area contributed by atoms with Crippen molar-refractivity contribution < 1.29 is 4.79 Å². The Labute approximate surface area is 143 Å². The highest BCUT2D eigenvalue weighted by Crippen LogP contribution is 2.17. The van der Waals surface area contributed by atoms with Gasteiger partial charge in [-0.1, -0.05) is 12.1 Å². The van der Waals surface area contributed by atoms with E-state index in [0.717, 1.165) is 22.6 Å². The van der Waals surface area contributed by atoms with Gasteiger partial charge in [-0.2, -0.15) is 0 Å². The molecule has 2 heterocycles. The first-order valence-electron chi connectivity index (χ1n) is 7.37. The van der Waals surface area contributed by atoms with Gasteiger partial charge in [0.1, 0.15) is 0 Å². The van der Waals surface area contributed by atoms with Crippen molar-refractivity contribution in [3.8, 4) is 0 Å². The molecule has 6 heteroatoms. The number of halogens is 1. The second kappa shape index (κ2) is 7.04. The Morgan fingerprint density at radius 1 is 1.09 bits per heavy atom. The SMILES string of the molecule is O=C(Nc1cnc(N2CCCCC2)nc1)c1ccccc1I. The van der Waals surface area contributed by atoms with Gasteiger partial charge in [-0.3, -0.25) is 4.79 Å². The maximum Gasteiger partial charge on any atom is 0.256 e. The third kappa shape index (κ3) is 3.55. The van der Waals surface area contributed by atoms with Crippen LogP contribution in [0.5, 0.6) is 0 Å². The predicted molar refractivity (Wildman–Crippen MR) is 95.2 cm³/mol. The minimum absolute atomic E-state index is 0.140. The molecule has 114 valence electrons. The van der Waals surface area contributed by atoms with Crippen molar-refractivity contribution in [3.05, 3.63) is 45.8 Å². The van der Waals surface area contributed by atoms with Gasteiger partial charge < -0.3 is 10.2 Å². The Hall–Kier alpha value is -1.70. The maximum atomic E-state index is 12.2. The van der Waals surface area contributed by atoms with Crippen molar-refractivity contribution >= 4 is 40.1 Å². The molecule has 0 bridgehead atoms. The van der Waals surface area contributed by atoms with E-state index < -0.39 is 0 Å². The fourth-order valence-corrected chi connectivity index (χ4v) is 3.12. The van der Waals surface area contributed by atoms with Crippen LogP contribution in [-0.4, -0.2) is 29.0 Å². The van der Waals surface area contributed by atoms with E-state index in [4.69, 9.17) is 0 Å². The van der Waals surface area contributed by atoms with Crippen LogP contribution in [0.3, 0.4) is 0 Å². The third-order valence-electron chi connectivity index (χ3n) is 3.65. The van der Waals surface area contributed by atoms with E-state index in [2.05, 4.69) is 42.8 Å². The average Bonchev–Trinajstić information content (AvgIpc) is 2.57. The largest absolute Gasteiger partial charge is 0.341 e. The lowest BCUT2D eigenvalue weighted by Gasteiger charge is -2.26. The van der Waals surface area contributed by atoms with Gasteiger partial charge >= 0.3 is 0 Å². The number of amides is 1. The first-order valence-corrected chi connectivity index (χ1v) is 8.45. The first-order chi connectivity index (χ1) is 10.7. The zero-order valence-corrected chi connectivity index (χ0v) is 14.3. The van der Waals surface area contributed by atoms with Gasteiger partial charge in [-0.05, 0) is 54.0 Å². The normalized spacial score (nSPS) is 14.7. The van der Waals surface area contributed by atoms with Crippen LogP contribution in [0.2, 0.25) is 0 Å². The molecular formula is C16H17IN4O. The number of carbonyl (C=O) groups is 1. The van der Waals surface area contributed by atoms with E-state index in [1.54, 1.807) is 18.5 Å². The van der Waals surface area contributed by atoms with Crippen LogP contribution >= 0.6 is 22.6 Å². The summed E-state index contributed by atoms with van der Waals surface area (Å²) in [6.45, 7) is 2.02. The zero-order chi connectivity index (χ0) is 15.4. The highest BCUT2D eigenvalue weighted by Gasteiger charge is 2.14. The van der Waals surface area contributed by atoms with Crippen LogP contribution in [0.15, 0.2) is 36.7 Å². The summed E-state index contributed by atoms with van der Waals surface area (Å²) in [6, 6.07) is 7.48. The van der Waals surface area contributed by atoms with Gasteiger partial charge in [-0.25, -0.2) is 9.97 Å². The number of hydrogen-bond acceptors (Lipinski definition) is 4. The molecule has 22 heavy (non-hydrogen) atoms. The Morgan fingerprint density at radius 3 is 2.45 bits per heavy atom. The topological polar surface area (TPSA) is 58.1 Å². The van der Waals surface area contributed by atoms with Gasteiger partial charge in [0.25, 0.3) is 5.91 Å². The second-order valence-electron chi connectivity index (χ2n) is 5.25. The van der Waals surface area contributed by atoms with Crippen LogP contribution in [0.25, 0.3) is 0 Å². The molecule has 5 nitrogen and oxygen atoms in total. The summed E-state index contributed by atoms with van der Waals surface area (Å²) in [4.78, 5) is 23.2. The Morgan fingerprint density at radius 2 is 1.77 bits per heavy atom. The highest BCUT2D eigenvalue weighted by atomic mass is 127. The number of anilines is 2.